The fraction of sp³-hybridized carbons (Fsp3) is 0.500. The molecular formula is C18H25N5O2. The first-order chi connectivity index (χ1) is 12.1. The third-order valence-corrected chi connectivity index (χ3v) is 4.81. The van der Waals surface area contributed by atoms with E-state index in [2.05, 4.69) is 15.4 Å². The highest BCUT2D eigenvalue weighted by Gasteiger charge is 2.30. The van der Waals surface area contributed by atoms with Gasteiger partial charge in [0.15, 0.2) is 0 Å². The van der Waals surface area contributed by atoms with Crippen LogP contribution in [0, 0.1) is 0 Å². The summed E-state index contributed by atoms with van der Waals surface area (Å²) in [6, 6.07) is 3.70. The van der Waals surface area contributed by atoms with Crippen LogP contribution in [0.5, 0.6) is 5.75 Å². The van der Waals surface area contributed by atoms with E-state index >= 15 is 0 Å². The number of rotatable bonds is 4. The maximum atomic E-state index is 12.9. The highest BCUT2D eigenvalue weighted by molar-refractivity contribution is 5.75. The number of likely N-dealkylation sites (tertiary alicyclic amines) is 1. The molecule has 2 amide bonds. The first-order valence-electron chi connectivity index (χ1n) is 8.64. The second-order valence-electron chi connectivity index (χ2n) is 6.37. The van der Waals surface area contributed by atoms with Gasteiger partial charge in [-0.25, -0.2) is 4.79 Å². The number of nitrogens with zero attached hydrogens (tertiary/aromatic N) is 4. The molecule has 1 aliphatic rings. The Morgan fingerprint density at radius 2 is 2.20 bits per heavy atom. The summed E-state index contributed by atoms with van der Waals surface area (Å²) in [6.45, 7) is 2.71. The molecule has 0 aliphatic carbocycles. The number of aromatic nitrogens is 3. The lowest BCUT2D eigenvalue weighted by atomic mass is 9.99. The van der Waals surface area contributed by atoms with Crippen LogP contribution in [0.15, 0.2) is 30.7 Å². The third-order valence-electron chi connectivity index (χ3n) is 4.81. The van der Waals surface area contributed by atoms with Crippen LogP contribution in [0.3, 0.4) is 0 Å². The van der Waals surface area contributed by atoms with Crippen molar-refractivity contribution in [3.8, 4) is 5.75 Å². The number of amides is 2. The summed E-state index contributed by atoms with van der Waals surface area (Å²) >= 11 is 0. The van der Waals surface area contributed by atoms with Gasteiger partial charge in [0, 0.05) is 31.5 Å². The first-order valence-corrected chi connectivity index (χ1v) is 8.64. The summed E-state index contributed by atoms with van der Waals surface area (Å²) in [4.78, 5) is 18.9. The number of nitrogens with one attached hydrogen (secondary N) is 1. The average Bonchev–Trinajstić information content (AvgIpc) is 3.07. The average molecular weight is 343 g/mol. The Hall–Kier alpha value is -2.57. The minimum absolute atomic E-state index is 0.0581. The molecule has 0 spiro atoms. The Kier molecular flexibility index (Phi) is 5.21. The van der Waals surface area contributed by atoms with Gasteiger partial charge < -0.3 is 15.0 Å². The van der Waals surface area contributed by atoms with Gasteiger partial charge in [-0.1, -0.05) is 0 Å². The zero-order valence-corrected chi connectivity index (χ0v) is 15.0. The Bertz CT molecular complexity index is 730. The number of ether oxygens (including phenoxy) is 1. The molecule has 1 fully saturated rings. The number of aryl methyl sites for hydroxylation is 1. The SMILES string of the molecule is COc1cnccc1C(C)NC(=O)N1CCCCC1c1ccnn1C. The summed E-state index contributed by atoms with van der Waals surface area (Å²) < 4.78 is 7.20. The molecule has 1 aliphatic heterocycles. The topological polar surface area (TPSA) is 72.3 Å². The Morgan fingerprint density at radius 1 is 1.36 bits per heavy atom. The summed E-state index contributed by atoms with van der Waals surface area (Å²) in [7, 11) is 3.53. The smallest absolute Gasteiger partial charge is 0.318 e. The fourth-order valence-electron chi connectivity index (χ4n) is 3.46. The van der Waals surface area contributed by atoms with Crippen molar-refractivity contribution in [3.63, 3.8) is 0 Å². The molecule has 134 valence electrons. The van der Waals surface area contributed by atoms with Gasteiger partial charge in [-0.3, -0.25) is 9.67 Å². The number of carbonyl (C=O) groups is 1. The van der Waals surface area contributed by atoms with E-state index in [1.807, 2.05) is 35.7 Å². The molecular weight excluding hydrogens is 318 g/mol. The van der Waals surface area contributed by atoms with Crippen LogP contribution in [0.2, 0.25) is 0 Å². The van der Waals surface area contributed by atoms with E-state index < -0.39 is 0 Å². The van der Waals surface area contributed by atoms with Gasteiger partial charge in [-0.2, -0.15) is 5.10 Å². The molecule has 2 unspecified atom stereocenters. The Morgan fingerprint density at radius 3 is 2.92 bits per heavy atom. The van der Waals surface area contributed by atoms with E-state index in [4.69, 9.17) is 4.74 Å². The van der Waals surface area contributed by atoms with Gasteiger partial charge >= 0.3 is 6.03 Å². The molecule has 0 aromatic carbocycles. The van der Waals surface area contributed by atoms with Gasteiger partial charge in [0.1, 0.15) is 5.75 Å². The van der Waals surface area contributed by atoms with Crippen LogP contribution in [-0.4, -0.2) is 39.4 Å². The molecule has 0 bridgehead atoms. The molecule has 3 heterocycles. The number of piperidine rings is 1. The van der Waals surface area contributed by atoms with Crippen LogP contribution in [0.25, 0.3) is 0 Å². The quantitative estimate of drug-likeness (QED) is 0.926. The number of hydrogen-bond acceptors (Lipinski definition) is 4. The van der Waals surface area contributed by atoms with E-state index in [1.54, 1.807) is 25.7 Å². The van der Waals surface area contributed by atoms with E-state index in [1.165, 1.54) is 0 Å². The normalized spacial score (nSPS) is 18.7. The number of methoxy groups -OCH3 is 1. The summed E-state index contributed by atoms with van der Waals surface area (Å²) in [5.41, 5.74) is 1.99. The van der Waals surface area contributed by atoms with Crippen LogP contribution in [0.4, 0.5) is 4.79 Å². The largest absolute Gasteiger partial charge is 0.495 e. The van der Waals surface area contributed by atoms with Gasteiger partial charge in [-0.05, 0) is 38.3 Å². The number of carbonyl (C=O) groups excluding carboxylic acids is 1. The lowest BCUT2D eigenvalue weighted by Crippen LogP contribution is -2.45. The molecule has 7 nitrogen and oxygen atoms in total. The second-order valence-corrected chi connectivity index (χ2v) is 6.37. The zero-order valence-electron chi connectivity index (χ0n) is 15.0. The Labute approximate surface area is 148 Å². The molecule has 2 atom stereocenters. The van der Waals surface area contributed by atoms with Crippen molar-refractivity contribution < 1.29 is 9.53 Å². The third kappa shape index (κ3) is 3.60. The summed E-state index contributed by atoms with van der Waals surface area (Å²) in [6.07, 6.45) is 8.25. The van der Waals surface area contributed by atoms with Crippen molar-refractivity contribution in [2.45, 2.75) is 38.3 Å². The predicted octanol–water partition coefficient (Wildman–Crippen LogP) is 2.82. The van der Waals surface area contributed by atoms with Gasteiger partial charge in [0.05, 0.1) is 31.1 Å². The zero-order chi connectivity index (χ0) is 17.8. The minimum Gasteiger partial charge on any atom is -0.495 e. The Balaban J connectivity index is 1.75. The number of pyridine rings is 1. The van der Waals surface area contributed by atoms with Gasteiger partial charge in [0.25, 0.3) is 0 Å². The predicted molar refractivity (Wildman–Crippen MR) is 94.2 cm³/mol. The monoisotopic (exact) mass is 343 g/mol. The van der Waals surface area contributed by atoms with Gasteiger partial charge in [-0.15, -0.1) is 0 Å². The first kappa shape index (κ1) is 17.3. The van der Waals surface area contributed by atoms with Crippen LogP contribution >= 0.6 is 0 Å². The van der Waals surface area contributed by atoms with Gasteiger partial charge in [0.2, 0.25) is 0 Å². The maximum Gasteiger partial charge on any atom is 0.318 e. The molecule has 25 heavy (non-hydrogen) atoms. The molecule has 2 aromatic heterocycles. The molecule has 3 rings (SSSR count). The minimum atomic E-state index is -0.167. The standard InChI is InChI=1S/C18H25N5O2/c1-13(14-7-9-19-12-17(14)25-3)21-18(24)23-11-5-4-6-16(23)15-8-10-20-22(15)2/h7-10,12-13,16H,4-6,11H2,1-3H3,(H,21,24). The highest BCUT2D eigenvalue weighted by Crippen LogP contribution is 2.31. The van der Waals surface area contributed by atoms with E-state index in [0.717, 1.165) is 37.1 Å². The van der Waals surface area contributed by atoms with E-state index in [0.29, 0.717) is 5.75 Å². The molecule has 2 aromatic rings. The maximum absolute atomic E-state index is 12.9. The van der Waals surface area contributed by atoms with Crippen molar-refractivity contribution in [1.29, 1.82) is 0 Å². The molecule has 1 saturated heterocycles. The van der Waals surface area contributed by atoms with Crippen molar-refractivity contribution in [2.24, 2.45) is 7.05 Å². The van der Waals surface area contributed by atoms with Crippen molar-refractivity contribution in [2.75, 3.05) is 13.7 Å². The van der Waals surface area contributed by atoms with Crippen molar-refractivity contribution in [3.05, 3.63) is 42.0 Å². The summed E-state index contributed by atoms with van der Waals surface area (Å²) in [5.74, 6) is 0.678. The van der Waals surface area contributed by atoms with Crippen molar-refractivity contribution >= 4 is 6.03 Å². The van der Waals surface area contributed by atoms with Crippen molar-refractivity contribution in [1.82, 2.24) is 25.0 Å². The van der Waals surface area contributed by atoms with Crippen LogP contribution in [0.1, 0.15) is 49.5 Å². The van der Waals surface area contributed by atoms with E-state index in [9.17, 15) is 4.79 Å². The lowest BCUT2D eigenvalue weighted by molar-refractivity contribution is 0.145. The molecule has 7 heteroatoms. The number of hydrogen-bond donors (Lipinski definition) is 1. The molecule has 0 radical (unpaired) electrons. The van der Waals surface area contributed by atoms with Crippen LogP contribution < -0.4 is 10.1 Å². The lowest BCUT2D eigenvalue weighted by Gasteiger charge is -2.36. The van der Waals surface area contributed by atoms with E-state index in [-0.39, 0.29) is 18.1 Å². The number of urea groups is 1. The van der Waals surface area contributed by atoms with Crippen LogP contribution in [-0.2, 0) is 7.05 Å². The summed E-state index contributed by atoms with van der Waals surface area (Å²) in [5, 5.41) is 7.35. The molecule has 0 saturated carbocycles. The highest BCUT2D eigenvalue weighted by atomic mass is 16.5. The second kappa shape index (κ2) is 7.55. The molecule has 1 N–H and O–H groups in total. The fourth-order valence-corrected chi connectivity index (χ4v) is 3.46.